The van der Waals surface area contributed by atoms with Gasteiger partial charge in [0.2, 0.25) is 11.8 Å². The number of ether oxygens (including phenoxy) is 2. The van der Waals surface area contributed by atoms with Crippen molar-refractivity contribution in [3.05, 3.63) is 71.1 Å². The minimum absolute atomic E-state index is 0.0237. The van der Waals surface area contributed by atoms with Gasteiger partial charge in [-0.05, 0) is 35.9 Å². The third kappa shape index (κ3) is 8.64. The molecule has 1 fully saturated rings. The van der Waals surface area contributed by atoms with E-state index in [2.05, 4.69) is 15.6 Å². The van der Waals surface area contributed by atoms with Crippen LogP contribution < -0.4 is 10.6 Å². The molecule has 4 rings (SSSR count). The van der Waals surface area contributed by atoms with E-state index in [0.29, 0.717) is 24.5 Å². The van der Waals surface area contributed by atoms with Gasteiger partial charge in [-0.3, -0.25) is 19.7 Å². The molecule has 2 N–H and O–H groups in total. The van der Waals surface area contributed by atoms with Crippen LogP contribution in [0.2, 0.25) is 5.02 Å². The van der Waals surface area contributed by atoms with Crippen LogP contribution in [-0.4, -0.2) is 91.1 Å². The molecule has 44 heavy (non-hydrogen) atoms. The number of anilines is 1. The molecule has 0 bridgehead atoms. The fourth-order valence-electron chi connectivity index (χ4n) is 4.94. The zero-order valence-electron chi connectivity index (χ0n) is 24.6. The zero-order chi connectivity index (χ0) is 31.6. The van der Waals surface area contributed by atoms with Gasteiger partial charge < -0.3 is 24.6 Å². The van der Waals surface area contributed by atoms with Crippen molar-refractivity contribution in [2.45, 2.75) is 37.8 Å². The van der Waals surface area contributed by atoms with Crippen LogP contribution in [0, 0.1) is 5.82 Å². The van der Waals surface area contributed by atoms with Gasteiger partial charge in [-0.1, -0.05) is 48.0 Å². The summed E-state index contributed by atoms with van der Waals surface area (Å²) in [6, 6.07) is 12.4. The van der Waals surface area contributed by atoms with Gasteiger partial charge in [0.1, 0.15) is 24.3 Å². The van der Waals surface area contributed by atoms with Crippen LogP contribution in [0.3, 0.4) is 0 Å². The molecule has 0 saturated carbocycles. The number of amides is 3. The fraction of sp³-hybridized carbons (Fsp3) is 0.387. The predicted molar refractivity (Wildman–Crippen MR) is 163 cm³/mol. The molecule has 0 radical (unpaired) electrons. The number of rotatable bonds is 11. The summed E-state index contributed by atoms with van der Waals surface area (Å²) in [6.45, 7) is 0.818. The Kier molecular flexibility index (Phi) is 11.4. The number of nitrogens with zero attached hydrogens (tertiary/aromatic N) is 3. The van der Waals surface area contributed by atoms with Gasteiger partial charge in [0.15, 0.2) is 0 Å². The van der Waals surface area contributed by atoms with Crippen molar-refractivity contribution in [2.75, 3.05) is 45.7 Å². The van der Waals surface area contributed by atoms with Crippen molar-refractivity contribution >= 4 is 52.1 Å². The Balaban J connectivity index is 1.39. The first-order valence-corrected chi connectivity index (χ1v) is 14.6. The van der Waals surface area contributed by atoms with E-state index in [0.717, 1.165) is 10.8 Å². The van der Waals surface area contributed by atoms with E-state index in [1.54, 1.807) is 30.3 Å². The SMILES string of the molecule is COC(=O)C1CN(C(=O)CC[C@@H](COC(=O)Nc2cc3ccccc3cn2)N(C)C(=O)CCc2cccc(F)c2Cl)CCN1. The number of aromatic nitrogens is 1. The molecule has 234 valence electrons. The van der Waals surface area contributed by atoms with E-state index in [-0.39, 0.29) is 55.7 Å². The van der Waals surface area contributed by atoms with E-state index < -0.39 is 30.0 Å². The topological polar surface area (TPSA) is 130 Å². The van der Waals surface area contributed by atoms with Crippen LogP contribution >= 0.6 is 11.6 Å². The lowest BCUT2D eigenvalue weighted by Crippen LogP contribution is -2.56. The van der Waals surface area contributed by atoms with Gasteiger partial charge >= 0.3 is 12.1 Å². The second-order valence-corrected chi connectivity index (χ2v) is 10.8. The number of likely N-dealkylation sites (N-methyl/N-ethyl adjacent to an activating group) is 1. The summed E-state index contributed by atoms with van der Waals surface area (Å²) in [5.74, 6) is -1.22. The number of hydrogen-bond acceptors (Lipinski definition) is 8. The smallest absolute Gasteiger partial charge is 0.412 e. The van der Waals surface area contributed by atoms with Crippen LogP contribution in [0.15, 0.2) is 54.7 Å². The first-order chi connectivity index (χ1) is 21.2. The maximum Gasteiger partial charge on any atom is 0.412 e. The van der Waals surface area contributed by atoms with Crippen LogP contribution in [-0.2, 0) is 30.3 Å². The minimum Gasteiger partial charge on any atom is -0.468 e. The van der Waals surface area contributed by atoms with Gasteiger partial charge in [-0.2, -0.15) is 0 Å². The van der Waals surface area contributed by atoms with Crippen LogP contribution in [0.25, 0.3) is 10.8 Å². The first-order valence-electron chi connectivity index (χ1n) is 14.2. The van der Waals surface area contributed by atoms with Crippen LogP contribution in [0.1, 0.15) is 24.8 Å². The van der Waals surface area contributed by atoms with E-state index in [4.69, 9.17) is 21.1 Å². The molecule has 1 unspecified atom stereocenters. The van der Waals surface area contributed by atoms with E-state index >= 15 is 0 Å². The molecule has 0 aliphatic carbocycles. The second-order valence-electron chi connectivity index (χ2n) is 10.4. The van der Waals surface area contributed by atoms with E-state index in [1.807, 2.05) is 24.3 Å². The molecule has 13 heteroatoms. The minimum atomic E-state index is -0.764. The number of methoxy groups -OCH3 is 1. The number of pyridine rings is 1. The Morgan fingerprint density at radius 2 is 1.93 bits per heavy atom. The Labute approximate surface area is 259 Å². The molecule has 1 aromatic heterocycles. The summed E-state index contributed by atoms with van der Waals surface area (Å²) in [5, 5.41) is 7.40. The highest BCUT2D eigenvalue weighted by molar-refractivity contribution is 6.31. The molecule has 2 atom stereocenters. The number of aryl methyl sites for hydroxylation is 1. The average Bonchev–Trinajstić information content (AvgIpc) is 3.04. The Bertz CT molecular complexity index is 1510. The van der Waals surface area contributed by atoms with Crippen molar-refractivity contribution in [3.63, 3.8) is 0 Å². The highest BCUT2D eigenvalue weighted by atomic mass is 35.5. The van der Waals surface area contributed by atoms with Gasteiger partial charge in [-0.25, -0.2) is 14.2 Å². The van der Waals surface area contributed by atoms with E-state index in [1.165, 1.54) is 24.1 Å². The third-order valence-electron chi connectivity index (χ3n) is 7.55. The Morgan fingerprint density at radius 1 is 1.16 bits per heavy atom. The molecular weight excluding hydrogens is 593 g/mol. The highest BCUT2D eigenvalue weighted by Crippen LogP contribution is 2.22. The lowest BCUT2D eigenvalue weighted by molar-refractivity contribution is -0.146. The van der Waals surface area contributed by atoms with E-state index in [9.17, 15) is 23.6 Å². The summed E-state index contributed by atoms with van der Waals surface area (Å²) in [7, 11) is 2.85. The number of piperazine rings is 1. The summed E-state index contributed by atoms with van der Waals surface area (Å²) >= 11 is 6.05. The number of carbonyl (C=O) groups excluding carboxylic acids is 4. The summed E-state index contributed by atoms with van der Waals surface area (Å²) in [4.78, 5) is 58.1. The number of esters is 1. The predicted octanol–water partition coefficient (Wildman–Crippen LogP) is 3.79. The highest BCUT2D eigenvalue weighted by Gasteiger charge is 2.30. The molecule has 1 aliphatic heterocycles. The monoisotopic (exact) mass is 627 g/mol. The van der Waals surface area contributed by atoms with Gasteiger partial charge in [0.25, 0.3) is 0 Å². The molecule has 1 saturated heterocycles. The normalized spacial score (nSPS) is 15.4. The quantitative estimate of drug-likeness (QED) is 0.307. The molecule has 2 heterocycles. The van der Waals surface area contributed by atoms with Crippen molar-refractivity contribution < 1.29 is 33.0 Å². The lowest BCUT2D eigenvalue weighted by Gasteiger charge is -2.33. The van der Waals surface area contributed by atoms with Crippen molar-refractivity contribution in [1.29, 1.82) is 0 Å². The number of nitrogens with one attached hydrogen (secondary N) is 2. The number of benzene rings is 2. The largest absolute Gasteiger partial charge is 0.468 e. The standard InChI is InChI=1S/C31H35ClFN5O6/c1-37(27(39)12-10-20-8-5-9-24(33)29(20)32)23(11-13-28(40)38-15-14-34-25(18-38)30(41)43-2)19-44-31(42)36-26-16-21-6-3-4-7-22(21)17-35-26/h3-9,16-17,23,25,34H,10-15,18-19H2,1-2H3,(H,35,36,42)/t23-,25?/m0/s1. The summed E-state index contributed by atoms with van der Waals surface area (Å²) in [6.07, 6.45) is 1.34. The van der Waals surface area contributed by atoms with Crippen LogP contribution in [0.5, 0.6) is 0 Å². The first kappa shape index (κ1) is 32.6. The molecule has 1 aliphatic rings. The number of halogens is 2. The van der Waals surface area contributed by atoms with Crippen LogP contribution in [0.4, 0.5) is 15.0 Å². The number of carbonyl (C=O) groups is 4. The average molecular weight is 628 g/mol. The molecule has 3 amide bonds. The lowest BCUT2D eigenvalue weighted by atomic mass is 10.1. The molecule has 11 nitrogen and oxygen atoms in total. The maximum absolute atomic E-state index is 13.9. The number of fused-ring (bicyclic) bond motifs is 1. The van der Waals surface area contributed by atoms with Crippen molar-refractivity contribution in [3.8, 4) is 0 Å². The van der Waals surface area contributed by atoms with Crippen molar-refractivity contribution in [2.24, 2.45) is 0 Å². The maximum atomic E-state index is 13.9. The second kappa shape index (κ2) is 15.4. The summed E-state index contributed by atoms with van der Waals surface area (Å²) < 4.78 is 24.1. The third-order valence-corrected chi connectivity index (χ3v) is 7.98. The Morgan fingerprint density at radius 3 is 2.70 bits per heavy atom. The molecule has 3 aromatic rings. The molecular formula is C31H35ClFN5O6. The Hall–Kier alpha value is -4.29. The molecule has 0 spiro atoms. The number of hydrogen-bond donors (Lipinski definition) is 2. The molecule has 2 aromatic carbocycles. The zero-order valence-corrected chi connectivity index (χ0v) is 25.3. The fourth-order valence-corrected chi connectivity index (χ4v) is 5.16. The summed E-state index contributed by atoms with van der Waals surface area (Å²) in [5.41, 5.74) is 0.498. The van der Waals surface area contributed by atoms with Gasteiger partial charge in [0.05, 0.1) is 18.2 Å². The van der Waals surface area contributed by atoms with Gasteiger partial charge in [-0.15, -0.1) is 0 Å². The van der Waals surface area contributed by atoms with Crippen molar-refractivity contribution in [1.82, 2.24) is 20.1 Å². The van der Waals surface area contributed by atoms with Gasteiger partial charge in [0, 0.05) is 51.1 Å².